The van der Waals surface area contributed by atoms with Crippen molar-refractivity contribution in [2.24, 2.45) is 17.3 Å². The Balaban J connectivity index is 1.45. The highest BCUT2D eigenvalue weighted by atomic mass is 16.2. The lowest BCUT2D eigenvalue weighted by Gasteiger charge is -2.60. The van der Waals surface area contributed by atoms with Crippen LogP contribution in [0.15, 0.2) is 18.3 Å². The van der Waals surface area contributed by atoms with Crippen molar-refractivity contribution in [1.29, 1.82) is 0 Å². The summed E-state index contributed by atoms with van der Waals surface area (Å²) in [5.41, 5.74) is 0.0585. The number of hydrogen-bond donors (Lipinski definition) is 2. The molecule has 3 saturated carbocycles. The van der Waals surface area contributed by atoms with Crippen LogP contribution in [-0.2, 0) is 4.79 Å². The SMILES string of the molecule is C[C@@]12CC[C@@H](C[C@H]1C(=O)N1CCCC1)[C@]1(C2)NC(=O)c2cccnc2N1. The fraction of sp³-hybridized carbons (Fsp3) is 0.650. The number of nitrogens with zero attached hydrogens (tertiary/aromatic N) is 2. The van der Waals surface area contributed by atoms with Gasteiger partial charge in [0.05, 0.1) is 5.56 Å². The summed E-state index contributed by atoms with van der Waals surface area (Å²) in [5, 5.41) is 6.82. The molecule has 6 rings (SSSR count). The summed E-state index contributed by atoms with van der Waals surface area (Å²) in [7, 11) is 0. The Labute approximate surface area is 153 Å². The molecule has 1 aromatic rings. The van der Waals surface area contributed by atoms with Gasteiger partial charge in [-0.25, -0.2) is 4.98 Å². The Morgan fingerprint density at radius 1 is 1.31 bits per heavy atom. The quantitative estimate of drug-likeness (QED) is 0.812. The lowest BCUT2D eigenvalue weighted by Crippen LogP contribution is -2.70. The molecule has 1 saturated heterocycles. The molecule has 5 aliphatic rings. The first-order chi connectivity index (χ1) is 12.5. The molecule has 6 heteroatoms. The topological polar surface area (TPSA) is 74.3 Å². The maximum absolute atomic E-state index is 13.1. The van der Waals surface area contributed by atoms with Crippen molar-refractivity contribution in [2.45, 2.75) is 51.1 Å². The van der Waals surface area contributed by atoms with Crippen LogP contribution in [0.1, 0.15) is 55.8 Å². The molecular formula is C20H26N4O2. The van der Waals surface area contributed by atoms with E-state index in [1.54, 1.807) is 18.3 Å². The number of carbonyl (C=O) groups is 2. The van der Waals surface area contributed by atoms with Gasteiger partial charge in [0.1, 0.15) is 11.5 Å². The van der Waals surface area contributed by atoms with Gasteiger partial charge in [-0.15, -0.1) is 0 Å². The van der Waals surface area contributed by atoms with Crippen LogP contribution in [0.4, 0.5) is 5.82 Å². The van der Waals surface area contributed by atoms with Gasteiger partial charge in [-0.3, -0.25) is 9.59 Å². The van der Waals surface area contributed by atoms with Crippen LogP contribution in [0.3, 0.4) is 0 Å². The normalized spacial score (nSPS) is 38.0. The van der Waals surface area contributed by atoms with E-state index in [9.17, 15) is 9.59 Å². The van der Waals surface area contributed by atoms with Crippen molar-refractivity contribution in [3.63, 3.8) is 0 Å². The molecule has 2 N–H and O–H groups in total. The first kappa shape index (κ1) is 16.1. The minimum Gasteiger partial charge on any atom is -0.347 e. The summed E-state index contributed by atoms with van der Waals surface area (Å²) in [6.45, 7) is 4.06. The lowest BCUT2D eigenvalue weighted by atomic mass is 9.51. The first-order valence-electron chi connectivity index (χ1n) is 9.85. The van der Waals surface area contributed by atoms with Gasteiger partial charge in [-0.2, -0.15) is 0 Å². The second-order valence-electron chi connectivity index (χ2n) is 8.84. The van der Waals surface area contributed by atoms with E-state index in [1.807, 2.05) is 0 Å². The van der Waals surface area contributed by atoms with E-state index in [4.69, 9.17) is 0 Å². The van der Waals surface area contributed by atoms with Crippen LogP contribution < -0.4 is 10.6 Å². The summed E-state index contributed by atoms with van der Waals surface area (Å²) >= 11 is 0. The van der Waals surface area contributed by atoms with E-state index in [2.05, 4.69) is 27.4 Å². The lowest BCUT2D eigenvalue weighted by molar-refractivity contribution is -0.149. The predicted octanol–water partition coefficient (Wildman–Crippen LogP) is 2.38. The zero-order valence-electron chi connectivity index (χ0n) is 15.3. The largest absolute Gasteiger partial charge is 0.347 e. The molecule has 2 bridgehead atoms. The smallest absolute Gasteiger partial charge is 0.256 e. The predicted molar refractivity (Wildman–Crippen MR) is 97.4 cm³/mol. The second kappa shape index (κ2) is 5.44. The van der Waals surface area contributed by atoms with Gasteiger partial charge in [-0.1, -0.05) is 6.92 Å². The first-order valence-corrected chi connectivity index (χ1v) is 9.85. The average molecular weight is 354 g/mol. The standard InChI is InChI=1S/C20H26N4O2/c1-19-7-6-13(11-15(19)18(26)24-9-2-3-10-24)20(12-19)22-16-14(17(25)23-20)5-4-8-21-16/h4-5,8,13,15H,2-3,6-7,9-12H2,1H3,(H,21,22)(H,23,25)/t13-,15-,19-,20-/m0/s1. The molecule has 4 fully saturated rings. The molecule has 6 nitrogen and oxygen atoms in total. The number of aromatic nitrogens is 1. The summed E-state index contributed by atoms with van der Waals surface area (Å²) in [4.78, 5) is 32.3. The minimum atomic E-state index is -0.465. The maximum atomic E-state index is 13.1. The third-order valence-corrected chi connectivity index (χ3v) is 7.25. The molecule has 2 aliphatic heterocycles. The van der Waals surface area contributed by atoms with Crippen LogP contribution in [0.5, 0.6) is 0 Å². The van der Waals surface area contributed by atoms with Crippen LogP contribution in [0.2, 0.25) is 0 Å². The summed E-state index contributed by atoms with van der Waals surface area (Å²) < 4.78 is 0. The summed E-state index contributed by atoms with van der Waals surface area (Å²) in [6.07, 6.45) is 7.70. The number of likely N-dealkylation sites (tertiary alicyclic amines) is 1. The van der Waals surface area contributed by atoms with Crippen LogP contribution in [0.25, 0.3) is 0 Å². The molecule has 2 amide bonds. The molecule has 3 heterocycles. The van der Waals surface area contributed by atoms with E-state index < -0.39 is 5.66 Å². The molecule has 0 radical (unpaired) electrons. The van der Waals surface area contributed by atoms with Crippen LogP contribution in [0, 0.1) is 17.3 Å². The molecule has 1 aromatic heterocycles. The number of amides is 2. The monoisotopic (exact) mass is 354 g/mol. The van der Waals surface area contributed by atoms with Crippen molar-refractivity contribution >= 4 is 17.6 Å². The Morgan fingerprint density at radius 3 is 2.88 bits per heavy atom. The van der Waals surface area contributed by atoms with Crippen LogP contribution >= 0.6 is 0 Å². The van der Waals surface area contributed by atoms with Crippen molar-refractivity contribution in [1.82, 2.24) is 15.2 Å². The van der Waals surface area contributed by atoms with E-state index in [0.717, 1.165) is 51.6 Å². The molecular weight excluding hydrogens is 328 g/mol. The third kappa shape index (κ3) is 2.20. The van der Waals surface area contributed by atoms with Gasteiger partial charge in [0.25, 0.3) is 5.91 Å². The number of hydrogen-bond acceptors (Lipinski definition) is 4. The Kier molecular flexibility index (Phi) is 3.37. The number of anilines is 1. The highest BCUT2D eigenvalue weighted by molar-refractivity contribution is 6.01. The van der Waals surface area contributed by atoms with Crippen molar-refractivity contribution in [3.05, 3.63) is 23.9 Å². The second-order valence-corrected chi connectivity index (χ2v) is 8.84. The Hall–Kier alpha value is -2.11. The highest BCUT2D eigenvalue weighted by Crippen LogP contribution is 2.58. The average Bonchev–Trinajstić information content (AvgIpc) is 3.15. The zero-order chi connectivity index (χ0) is 17.9. The third-order valence-electron chi connectivity index (χ3n) is 7.25. The van der Waals surface area contributed by atoms with Gasteiger partial charge in [0, 0.05) is 31.1 Å². The van der Waals surface area contributed by atoms with Crippen molar-refractivity contribution < 1.29 is 9.59 Å². The Morgan fingerprint density at radius 2 is 2.12 bits per heavy atom. The number of fused-ring (bicyclic) bond motifs is 3. The van der Waals surface area contributed by atoms with Crippen molar-refractivity contribution in [2.75, 3.05) is 18.4 Å². The zero-order valence-corrected chi connectivity index (χ0v) is 15.3. The van der Waals surface area contributed by atoms with E-state index in [1.165, 1.54) is 0 Å². The maximum Gasteiger partial charge on any atom is 0.256 e. The summed E-state index contributed by atoms with van der Waals surface area (Å²) in [6, 6.07) is 3.59. The number of nitrogens with one attached hydrogen (secondary N) is 2. The molecule has 0 aromatic carbocycles. The van der Waals surface area contributed by atoms with Gasteiger partial charge in [0.15, 0.2) is 0 Å². The molecule has 3 aliphatic carbocycles. The van der Waals surface area contributed by atoms with Gasteiger partial charge in [0.2, 0.25) is 5.91 Å². The molecule has 26 heavy (non-hydrogen) atoms. The van der Waals surface area contributed by atoms with E-state index >= 15 is 0 Å². The fourth-order valence-electron chi connectivity index (χ4n) is 5.86. The van der Waals surface area contributed by atoms with Crippen LogP contribution in [-0.4, -0.2) is 40.5 Å². The van der Waals surface area contributed by atoms with Gasteiger partial charge in [-0.05, 0) is 56.1 Å². The molecule has 1 spiro atoms. The molecule has 0 unspecified atom stereocenters. The molecule has 4 atom stereocenters. The Bertz CT molecular complexity index is 775. The molecule has 138 valence electrons. The van der Waals surface area contributed by atoms with Gasteiger partial charge < -0.3 is 15.5 Å². The van der Waals surface area contributed by atoms with E-state index in [-0.39, 0.29) is 23.2 Å². The highest BCUT2D eigenvalue weighted by Gasteiger charge is 2.60. The fourth-order valence-corrected chi connectivity index (χ4v) is 5.86. The van der Waals surface area contributed by atoms with Gasteiger partial charge >= 0.3 is 0 Å². The number of carbonyl (C=O) groups excluding carboxylic acids is 2. The van der Waals surface area contributed by atoms with E-state index in [0.29, 0.717) is 17.3 Å². The van der Waals surface area contributed by atoms with Crippen molar-refractivity contribution in [3.8, 4) is 0 Å². The minimum absolute atomic E-state index is 0.0505. The number of pyridine rings is 1. The summed E-state index contributed by atoms with van der Waals surface area (Å²) in [5.74, 6) is 1.30. The number of rotatable bonds is 1.